The molecule has 0 aromatic carbocycles. The molecule has 0 bridgehead atoms. The Morgan fingerprint density at radius 2 is 1.14 bits per heavy atom. The van der Waals surface area contributed by atoms with Crippen molar-refractivity contribution in [1.29, 1.82) is 0 Å². The molecule has 0 saturated heterocycles. The number of methoxy groups -OCH3 is 1. The number of alkyl halides is 12. The van der Waals surface area contributed by atoms with Crippen LogP contribution in [-0.4, -0.2) is 57.0 Å². The summed E-state index contributed by atoms with van der Waals surface area (Å²) in [5, 5.41) is 0. The third-order valence-corrected chi connectivity index (χ3v) is 2.69. The van der Waals surface area contributed by atoms with Crippen LogP contribution in [0.5, 0.6) is 0 Å². The van der Waals surface area contributed by atoms with Gasteiger partial charge in [0.1, 0.15) is 5.92 Å². The fraction of sp³-hybridized carbons (Fsp3) is 0.800. The lowest BCUT2D eigenvalue weighted by atomic mass is 9.76. The van der Waals surface area contributed by atoms with Crippen molar-refractivity contribution in [3.8, 4) is 0 Å². The molecule has 0 unspecified atom stereocenters. The number of hydrogen-bond acceptors (Lipinski definition) is 5. The minimum atomic E-state index is -6.36. The maximum absolute atomic E-state index is 12.5. The van der Waals surface area contributed by atoms with Gasteiger partial charge in [0.25, 0.3) is 0 Å². The molecule has 18 heteroatoms. The maximum Gasteiger partial charge on any atom is 0.529 e. The highest BCUT2D eigenvalue weighted by atomic mass is 19.4. The standard InChI is InChI=1S/C10H7BF12O5/c1-26-4(24)5(25)27-11(2-3(7(12,13)14)8(15,16)17)28-6(9(18,19)20)10(21,22)23/h3,6H,2H2,1H3. The van der Waals surface area contributed by atoms with Gasteiger partial charge >= 0.3 is 43.8 Å². The van der Waals surface area contributed by atoms with Crippen LogP contribution in [0.4, 0.5) is 52.7 Å². The van der Waals surface area contributed by atoms with Gasteiger partial charge in [0, 0.05) is 6.32 Å². The Labute approximate surface area is 147 Å². The summed E-state index contributed by atoms with van der Waals surface area (Å²) in [4.78, 5) is 21.8. The van der Waals surface area contributed by atoms with E-state index in [0.29, 0.717) is 7.11 Å². The van der Waals surface area contributed by atoms with Gasteiger partial charge in [0.05, 0.1) is 7.11 Å². The minimum Gasteiger partial charge on any atom is -0.501 e. The summed E-state index contributed by atoms with van der Waals surface area (Å²) in [5.41, 5.74) is 0. The molecule has 0 amide bonds. The van der Waals surface area contributed by atoms with E-state index in [1.165, 1.54) is 0 Å². The summed E-state index contributed by atoms with van der Waals surface area (Å²) < 4.78 is 160. The van der Waals surface area contributed by atoms with Crippen molar-refractivity contribution in [3.63, 3.8) is 0 Å². The molecule has 0 atom stereocenters. The van der Waals surface area contributed by atoms with Crippen molar-refractivity contribution in [1.82, 2.24) is 0 Å². The molecule has 0 N–H and O–H groups in total. The topological polar surface area (TPSA) is 61.8 Å². The van der Waals surface area contributed by atoms with E-state index in [-0.39, 0.29) is 0 Å². The molecule has 0 rings (SSSR count). The highest BCUT2D eigenvalue weighted by Gasteiger charge is 2.63. The van der Waals surface area contributed by atoms with Gasteiger partial charge in [-0.3, -0.25) is 0 Å². The van der Waals surface area contributed by atoms with Crippen LogP contribution >= 0.6 is 0 Å². The number of hydrogen-bond donors (Lipinski definition) is 0. The Hall–Kier alpha value is -1.88. The van der Waals surface area contributed by atoms with Crippen LogP contribution in [0.2, 0.25) is 6.32 Å². The molecule has 0 aliphatic carbocycles. The van der Waals surface area contributed by atoms with Crippen LogP contribution in [0.3, 0.4) is 0 Å². The van der Waals surface area contributed by atoms with Crippen molar-refractivity contribution >= 4 is 19.1 Å². The van der Waals surface area contributed by atoms with E-state index >= 15 is 0 Å². The fourth-order valence-electron chi connectivity index (χ4n) is 1.52. The van der Waals surface area contributed by atoms with Gasteiger partial charge in [-0.05, 0) is 0 Å². The van der Waals surface area contributed by atoms with Crippen LogP contribution in [0.15, 0.2) is 0 Å². The maximum atomic E-state index is 12.5. The minimum absolute atomic E-state index is 0.446. The van der Waals surface area contributed by atoms with E-state index in [2.05, 4.69) is 14.0 Å². The molecule has 0 saturated carbocycles. The van der Waals surface area contributed by atoms with Gasteiger partial charge in [-0.2, -0.15) is 52.7 Å². The Kier molecular flexibility index (Phi) is 8.07. The van der Waals surface area contributed by atoms with Crippen LogP contribution < -0.4 is 0 Å². The first-order valence-corrected chi connectivity index (χ1v) is 6.42. The van der Waals surface area contributed by atoms with E-state index in [1.54, 1.807) is 0 Å². The number of ether oxygens (including phenoxy) is 1. The SMILES string of the molecule is COC(=O)C(=O)OB(CC(C(F)(F)F)C(F)(F)F)OC(C(F)(F)F)C(F)(F)F. The zero-order chi connectivity index (χ0) is 22.7. The molecule has 0 radical (unpaired) electrons. The van der Waals surface area contributed by atoms with Crippen molar-refractivity contribution in [2.75, 3.05) is 7.11 Å². The highest BCUT2D eigenvalue weighted by molar-refractivity contribution is 6.50. The second kappa shape index (κ2) is 8.65. The first kappa shape index (κ1) is 26.1. The lowest BCUT2D eigenvalue weighted by Crippen LogP contribution is -2.50. The molecular weight excluding hydrogens is 439 g/mol. The molecule has 0 aliphatic rings. The number of carbonyl (C=O) groups is 2. The molecule has 0 aromatic heterocycles. The van der Waals surface area contributed by atoms with E-state index in [9.17, 15) is 62.3 Å². The van der Waals surface area contributed by atoms with E-state index in [4.69, 9.17) is 0 Å². The number of carbonyl (C=O) groups excluding carboxylic acids is 2. The van der Waals surface area contributed by atoms with E-state index in [0.717, 1.165) is 0 Å². The average Bonchev–Trinajstić information content (AvgIpc) is 2.43. The van der Waals surface area contributed by atoms with Crippen LogP contribution in [0, 0.1) is 5.92 Å². The average molecular weight is 446 g/mol. The first-order chi connectivity index (χ1) is 12.2. The fourth-order valence-corrected chi connectivity index (χ4v) is 1.52. The smallest absolute Gasteiger partial charge is 0.501 e. The van der Waals surface area contributed by atoms with E-state index < -0.39 is 62.1 Å². The molecule has 0 fully saturated rings. The Bertz CT molecular complexity index is 489. The number of halogens is 12. The summed E-state index contributed by atoms with van der Waals surface area (Å²) in [6.07, 6.45) is -32.8. The Morgan fingerprint density at radius 3 is 1.43 bits per heavy atom. The second-order valence-electron chi connectivity index (χ2n) is 4.80. The van der Waals surface area contributed by atoms with Crippen molar-refractivity contribution in [2.45, 2.75) is 37.1 Å². The number of esters is 1. The molecule has 0 heterocycles. The van der Waals surface area contributed by atoms with Gasteiger partial charge in [0.15, 0.2) is 0 Å². The van der Waals surface area contributed by atoms with Crippen molar-refractivity contribution < 1.29 is 76.3 Å². The van der Waals surface area contributed by atoms with Crippen LogP contribution in [0.1, 0.15) is 0 Å². The summed E-state index contributed by atoms with van der Waals surface area (Å²) in [7, 11) is -3.27. The van der Waals surface area contributed by atoms with Gasteiger partial charge in [0.2, 0.25) is 6.10 Å². The molecule has 164 valence electrons. The van der Waals surface area contributed by atoms with Crippen molar-refractivity contribution in [3.05, 3.63) is 0 Å². The Morgan fingerprint density at radius 1 is 0.750 bits per heavy atom. The predicted molar refractivity (Wildman–Crippen MR) is 61.3 cm³/mol. The quantitative estimate of drug-likeness (QED) is 0.281. The zero-order valence-electron chi connectivity index (χ0n) is 13.0. The summed E-state index contributed by atoms with van der Waals surface area (Å²) in [5.74, 6) is -9.17. The number of rotatable bonds is 5. The molecule has 5 nitrogen and oxygen atoms in total. The van der Waals surface area contributed by atoms with Gasteiger partial charge in [-0.25, -0.2) is 9.59 Å². The zero-order valence-corrected chi connectivity index (χ0v) is 13.0. The molecular formula is C10H7BF12O5. The lowest BCUT2D eigenvalue weighted by molar-refractivity contribution is -0.305. The third-order valence-electron chi connectivity index (χ3n) is 2.69. The molecule has 0 aromatic rings. The molecule has 0 spiro atoms. The summed E-state index contributed by atoms with van der Waals surface area (Å²) in [6.45, 7) is 0. The lowest BCUT2D eigenvalue weighted by Gasteiger charge is -2.28. The summed E-state index contributed by atoms with van der Waals surface area (Å²) in [6, 6.07) is 0. The van der Waals surface area contributed by atoms with Gasteiger partial charge < -0.3 is 14.0 Å². The first-order valence-electron chi connectivity index (χ1n) is 6.42. The predicted octanol–water partition coefficient (Wildman–Crippen LogP) is 3.44. The van der Waals surface area contributed by atoms with Crippen molar-refractivity contribution in [2.24, 2.45) is 5.92 Å². The van der Waals surface area contributed by atoms with Gasteiger partial charge in [-0.15, -0.1) is 0 Å². The van der Waals surface area contributed by atoms with Crippen LogP contribution in [-0.2, 0) is 23.6 Å². The highest BCUT2D eigenvalue weighted by Crippen LogP contribution is 2.43. The normalized spacial score (nSPS) is 13.7. The van der Waals surface area contributed by atoms with Gasteiger partial charge in [-0.1, -0.05) is 0 Å². The van der Waals surface area contributed by atoms with Crippen LogP contribution in [0.25, 0.3) is 0 Å². The molecule has 0 aliphatic heterocycles. The third kappa shape index (κ3) is 8.01. The largest absolute Gasteiger partial charge is 0.529 e. The summed E-state index contributed by atoms with van der Waals surface area (Å²) >= 11 is 0. The monoisotopic (exact) mass is 446 g/mol. The van der Waals surface area contributed by atoms with E-state index in [1.807, 2.05) is 0 Å². The second-order valence-corrected chi connectivity index (χ2v) is 4.80. The Balaban J connectivity index is 5.93. The molecule has 28 heavy (non-hydrogen) atoms.